The third-order valence-electron chi connectivity index (χ3n) is 3.36. The molecule has 1 N–H and O–H groups in total. The molecule has 0 spiro atoms. The maximum absolute atomic E-state index is 13.8. The van der Waals surface area contributed by atoms with E-state index in [0.29, 0.717) is 18.4 Å². The van der Waals surface area contributed by atoms with E-state index >= 15 is 0 Å². The van der Waals surface area contributed by atoms with Gasteiger partial charge in [0.15, 0.2) is 0 Å². The Hall–Kier alpha value is -0.410. The molecule has 0 atom stereocenters. The highest BCUT2D eigenvalue weighted by Crippen LogP contribution is 2.37. The molecular formula is C13H16BrFO. The predicted molar refractivity (Wildman–Crippen MR) is 65.7 cm³/mol. The molecule has 0 aliphatic heterocycles. The van der Waals surface area contributed by atoms with Crippen molar-refractivity contribution in [1.82, 2.24) is 0 Å². The SMILES string of the molecule is OC1(c2cc(Br)ccc2F)CCCCCC1. The van der Waals surface area contributed by atoms with E-state index < -0.39 is 5.60 Å². The molecule has 2 rings (SSSR count). The summed E-state index contributed by atoms with van der Waals surface area (Å²) in [5.41, 5.74) is -0.520. The zero-order valence-corrected chi connectivity index (χ0v) is 10.8. The van der Waals surface area contributed by atoms with Gasteiger partial charge in [-0.3, -0.25) is 0 Å². The molecule has 1 aromatic carbocycles. The smallest absolute Gasteiger partial charge is 0.129 e. The lowest BCUT2D eigenvalue weighted by Gasteiger charge is -2.27. The first-order valence-corrected chi connectivity index (χ1v) is 6.59. The van der Waals surface area contributed by atoms with E-state index in [1.54, 1.807) is 12.1 Å². The first-order chi connectivity index (χ1) is 7.62. The lowest BCUT2D eigenvalue weighted by atomic mass is 9.86. The summed E-state index contributed by atoms with van der Waals surface area (Å²) in [6, 6.07) is 4.79. The molecule has 88 valence electrons. The maximum Gasteiger partial charge on any atom is 0.129 e. The quantitative estimate of drug-likeness (QED) is 0.770. The molecule has 1 aromatic rings. The minimum absolute atomic E-state index is 0.299. The second-order valence-corrected chi connectivity index (χ2v) is 5.49. The average molecular weight is 287 g/mol. The van der Waals surface area contributed by atoms with Crippen LogP contribution in [0.3, 0.4) is 0 Å². The number of aliphatic hydroxyl groups is 1. The molecule has 0 amide bonds. The number of benzene rings is 1. The number of hydrogen-bond donors (Lipinski definition) is 1. The van der Waals surface area contributed by atoms with E-state index in [1.165, 1.54) is 6.07 Å². The third kappa shape index (κ3) is 2.46. The van der Waals surface area contributed by atoms with Crippen LogP contribution in [0.5, 0.6) is 0 Å². The molecule has 1 fully saturated rings. The van der Waals surface area contributed by atoms with E-state index in [9.17, 15) is 9.50 Å². The fourth-order valence-electron chi connectivity index (χ4n) is 2.44. The number of hydrogen-bond acceptors (Lipinski definition) is 1. The lowest BCUT2D eigenvalue weighted by molar-refractivity contribution is 0.0172. The van der Waals surface area contributed by atoms with Crippen molar-refractivity contribution < 1.29 is 9.50 Å². The summed E-state index contributed by atoms with van der Waals surface area (Å²) >= 11 is 3.33. The van der Waals surface area contributed by atoms with Gasteiger partial charge in [-0.05, 0) is 31.0 Å². The number of rotatable bonds is 1. The normalized spacial score (nSPS) is 20.4. The lowest BCUT2D eigenvalue weighted by Crippen LogP contribution is -2.26. The van der Waals surface area contributed by atoms with Crippen LogP contribution in [0, 0.1) is 5.82 Å². The van der Waals surface area contributed by atoms with E-state index in [0.717, 1.165) is 30.2 Å². The van der Waals surface area contributed by atoms with E-state index in [4.69, 9.17) is 0 Å². The molecule has 0 bridgehead atoms. The molecule has 1 nitrogen and oxygen atoms in total. The maximum atomic E-state index is 13.8. The van der Waals surface area contributed by atoms with Gasteiger partial charge in [-0.25, -0.2) is 4.39 Å². The van der Waals surface area contributed by atoms with Crippen LogP contribution in [0.1, 0.15) is 44.1 Å². The summed E-state index contributed by atoms with van der Waals surface area (Å²) in [6.45, 7) is 0. The highest BCUT2D eigenvalue weighted by molar-refractivity contribution is 9.10. The fourth-order valence-corrected chi connectivity index (χ4v) is 2.80. The molecule has 0 aromatic heterocycles. The molecule has 3 heteroatoms. The topological polar surface area (TPSA) is 20.2 Å². The van der Waals surface area contributed by atoms with Crippen molar-refractivity contribution in [2.75, 3.05) is 0 Å². The monoisotopic (exact) mass is 286 g/mol. The summed E-state index contributed by atoms with van der Waals surface area (Å²) in [5, 5.41) is 10.6. The van der Waals surface area contributed by atoms with E-state index in [-0.39, 0.29) is 5.82 Å². The van der Waals surface area contributed by atoms with Gasteiger partial charge >= 0.3 is 0 Å². The van der Waals surface area contributed by atoms with Gasteiger partial charge in [0.25, 0.3) is 0 Å². The highest BCUT2D eigenvalue weighted by Gasteiger charge is 2.32. The average Bonchev–Trinajstić information content (AvgIpc) is 2.48. The van der Waals surface area contributed by atoms with Crippen molar-refractivity contribution in [3.8, 4) is 0 Å². The molecule has 0 heterocycles. The van der Waals surface area contributed by atoms with Crippen LogP contribution in [0.25, 0.3) is 0 Å². The molecule has 1 saturated carbocycles. The third-order valence-corrected chi connectivity index (χ3v) is 3.85. The summed E-state index contributed by atoms with van der Waals surface area (Å²) < 4.78 is 14.6. The Labute approximate surface area is 104 Å². The molecule has 0 unspecified atom stereocenters. The Morgan fingerprint density at radius 1 is 1.12 bits per heavy atom. The zero-order valence-electron chi connectivity index (χ0n) is 9.18. The second-order valence-electron chi connectivity index (χ2n) is 4.57. The van der Waals surface area contributed by atoms with Crippen LogP contribution >= 0.6 is 15.9 Å². The Morgan fingerprint density at radius 2 is 1.75 bits per heavy atom. The van der Waals surface area contributed by atoms with Crippen molar-refractivity contribution >= 4 is 15.9 Å². The van der Waals surface area contributed by atoms with Crippen LogP contribution in [0.15, 0.2) is 22.7 Å². The second kappa shape index (κ2) is 4.84. The minimum atomic E-state index is -0.968. The van der Waals surface area contributed by atoms with Gasteiger partial charge in [0.1, 0.15) is 5.82 Å². The van der Waals surface area contributed by atoms with Crippen LogP contribution in [-0.2, 0) is 5.60 Å². The van der Waals surface area contributed by atoms with Gasteiger partial charge in [0.05, 0.1) is 5.60 Å². The van der Waals surface area contributed by atoms with Gasteiger partial charge < -0.3 is 5.11 Å². The van der Waals surface area contributed by atoms with Crippen molar-refractivity contribution in [1.29, 1.82) is 0 Å². The van der Waals surface area contributed by atoms with Crippen molar-refractivity contribution in [3.05, 3.63) is 34.1 Å². The van der Waals surface area contributed by atoms with Crippen LogP contribution in [0.4, 0.5) is 4.39 Å². The minimum Gasteiger partial charge on any atom is -0.385 e. The molecule has 1 aliphatic rings. The molecule has 16 heavy (non-hydrogen) atoms. The predicted octanol–water partition coefficient (Wildman–Crippen LogP) is 4.13. The van der Waals surface area contributed by atoms with E-state index in [1.807, 2.05) is 0 Å². The number of halogens is 2. The summed E-state index contributed by atoms with van der Waals surface area (Å²) in [4.78, 5) is 0. The Kier molecular flexibility index (Phi) is 3.65. The van der Waals surface area contributed by atoms with Crippen molar-refractivity contribution in [3.63, 3.8) is 0 Å². The highest BCUT2D eigenvalue weighted by atomic mass is 79.9. The van der Waals surface area contributed by atoms with E-state index in [2.05, 4.69) is 15.9 Å². The standard InChI is InChI=1S/C13H16BrFO/c14-10-5-6-12(15)11(9-10)13(16)7-3-1-2-4-8-13/h5-6,9,16H,1-4,7-8H2. The fraction of sp³-hybridized carbons (Fsp3) is 0.538. The molecule has 0 radical (unpaired) electrons. The first-order valence-electron chi connectivity index (χ1n) is 5.80. The van der Waals surface area contributed by atoms with Crippen molar-refractivity contribution in [2.24, 2.45) is 0 Å². The van der Waals surface area contributed by atoms with Crippen LogP contribution in [-0.4, -0.2) is 5.11 Å². The van der Waals surface area contributed by atoms with Crippen molar-refractivity contribution in [2.45, 2.75) is 44.1 Å². The van der Waals surface area contributed by atoms with Gasteiger partial charge in [0.2, 0.25) is 0 Å². The molecule has 0 saturated heterocycles. The van der Waals surface area contributed by atoms with Gasteiger partial charge in [0, 0.05) is 10.0 Å². The van der Waals surface area contributed by atoms with Gasteiger partial charge in [-0.2, -0.15) is 0 Å². The molecule has 1 aliphatic carbocycles. The largest absolute Gasteiger partial charge is 0.385 e. The Balaban J connectivity index is 2.36. The van der Waals surface area contributed by atoms with Gasteiger partial charge in [-0.15, -0.1) is 0 Å². The Morgan fingerprint density at radius 3 is 2.38 bits per heavy atom. The first kappa shape index (κ1) is 12.1. The van der Waals surface area contributed by atoms with Gasteiger partial charge in [-0.1, -0.05) is 41.6 Å². The van der Waals surface area contributed by atoms with Crippen LogP contribution in [0.2, 0.25) is 0 Å². The summed E-state index contributed by atoms with van der Waals surface area (Å²) in [7, 11) is 0. The molecular weight excluding hydrogens is 271 g/mol. The summed E-state index contributed by atoms with van der Waals surface area (Å²) in [5.74, 6) is -0.299. The zero-order chi connectivity index (χ0) is 11.6. The Bertz CT molecular complexity index is 370. The van der Waals surface area contributed by atoms with Crippen LogP contribution < -0.4 is 0 Å². The summed E-state index contributed by atoms with van der Waals surface area (Å²) in [6.07, 6.45) is 5.56.